The standard InChI is InChI=1S/C12H20/c1-2-5-10-8-9-11-6-3-4-7-12(10)11/h4,7,10-12H,2-3,5-6,8-9H2,1H3/t10-,11-,12+/m0/s1. The summed E-state index contributed by atoms with van der Waals surface area (Å²) in [6.45, 7) is 2.32. The van der Waals surface area contributed by atoms with Gasteiger partial charge in [0.1, 0.15) is 0 Å². The summed E-state index contributed by atoms with van der Waals surface area (Å²) in [6, 6.07) is 0. The van der Waals surface area contributed by atoms with Crippen LogP contribution in [0.15, 0.2) is 12.2 Å². The van der Waals surface area contributed by atoms with Gasteiger partial charge in [-0.1, -0.05) is 31.9 Å². The molecule has 0 aromatic heterocycles. The maximum atomic E-state index is 2.52. The van der Waals surface area contributed by atoms with Crippen molar-refractivity contribution in [2.75, 3.05) is 0 Å². The van der Waals surface area contributed by atoms with Gasteiger partial charge in [-0.15, -0.1) is 0 Å². The van der Waals surface area contributed by atoms with E-state index in [9.17, 15) is 0 Å². The Hall–Kier alpha value is -0.260. The molecule has 0 bridgehead atoms. The number of hydrogen-bond donors (Lipinski definition) is 0. The van der Waals surface area contributed by atoms with E-state index in [1.807, 2.05) is 0 Å². The van der Waals surface area contributed by atoms with Crippen LogP contribution in [0.3, 0.4) is 0 Å². The van der Waals surface area contributed by atoms with Crippen LogP contribution in [0.1, 0.15) is 45.4 Å². The molecule has 68 valence electrons. The maximum absolute atomic E-state index is 2.52. The Bertz CT molecular complexity index is 169. The summed E-state index contributed by atoms with van der Waals surface area (Å²) in [5, 5.41) is 0. The Morgan fingerprint density at radius 2 is 2.17 bits per heavy atom. The normalized spacial score (nSPS) is 39.9. The highest BCUT2D eigenvalue weighted by Gasteiger charge is 2.34. The fourth-order valence-corrected chi connectivity index (χ4v) is 3.12. The van der Waals surface area contributed by atoms with Crippen molar-refractivity contribution in [3.05, 3.63) is 12.2 Å². The molecule has 0 heteroatoms. The molecule has 0 aliphatic heterocycles. The van der Waals surface area contributed by atoms with Crippen LogP contribution >= 0.6 is 0 Å². The molecular weight excluding hydrogens is 144 g/mol. The molecule has 0 N–H and O–H groups in total. The van der Waals surface area contributed by atoms with Gasteiger partial charge in [0.15, 0.2) is 0 Å². The van der Waals surface area contributed by atoms with Crippen molar-refractivity contribution in [2.45, 2.75) is 45.4 Å². The Balaban J connectivity index is 2.00. The zero-order valence-electron chi connectivity index (χ0n) is 8.13. The lowest BCUT2D eigenvalue weighted by Crippen LogP contribution is -2.15. The van der Waals surface area contributed by atoms with Crippen LogP contribution in [0.25, 0.3) is 0 Å². The van der Waals surface area contributed by atoms with Crippen LogP contribution in [0.5, 0.6) is 0 Å². The van der Waals surface area contributed by atoms with E-state index in [1.165, 1.54) is 38.5 Å². The molecule has 1 fully saturated rings. The van der Waals surface area contributed by atoms with Gasteiger partial charge in [0, 0.05) is 0 Å². The molecule has 0 nitrogen and oxygen atoms in total. The van der Waals surface area contributed by atoms with Crippen molar-refractivity contribution < 1.29 is 0 Å². The zero-order chi connectivity index (χ0) is 8.39. The Morgan fingerprint density at radius 3 is 3.00 bits per heavy atom. The van der Waals surface area contributed by atoms with Gasteiger partial charge in [0.25, 0.3) is 0 Å². The first-order valence-corrected chi connectivity index (χ1v) is 5.58. The first kappa shape index (κ1) is 8.34. The van der Waals surface area contributed by atoms with Crippen LogP contribution in [-0.2, 0) is 0 Å². The summed E-state index contributed by atoms with van der Waals surface area (Å²) in [7, 11) is 0. The molecule has 2 rings (SSSR count). The molecule has 0 unspecified atom stereocenters. The van der Waals surface area contributed by atoms with E-state index in [1.54, 1.807) is 0 Å². The van der Waals surface area contributed by atoms with Gasteiger partial charge in [-0.25, -0.2) is 0 Å². The van der Waals surface area contributed by atoms with Crippen LogP contribution in [0.4, 0.5) is 0 Å². The molecule has 12 heavy (non-hydrogen) atoms. The quantitative estimate of drug-likeness (QED) is 0.545. The van der Waals surface area contributed by atoms with E-state index in [2.05, 4.69) is 19.1 Å². The van der Waals surface area contributed by atoms with Gasteiger partial charge in [-0.05, 0) is 43.4 Å². The summed E-state index contributed by atoms with van der Waals surface area (Å²) in [5.41, 5.74) is 0. The van der Waals surface area contributed by atoms with E-state index < -0.39 is 0 Å². The molecule has 0 radical (unpaired) electrons. The summed E-state index contributed by atoms with van der Waals surface area (Å²) in [4.78, 5) is 0. The highest BCUT2D eigenvalue weighted by molar-refractivity contribution is 5.02. The monoisotopic (exact) mass is 164 g/mol. The van der Waals surface area contributed by atoms with Gasteiger partial charge in [-0.3, -0.25) is 0 Å². The molecule has 1 saturated carbocycles. The first-order chi connectivity index (χ1) is 5.92. The summed E-state index contributed by atoms with van der Waals surface area (Å²) >= 11 is 0. The minimum Gasteiger partial charge on any atom is -0.0882 e. The third kappa shape index (κ3) is 1.44. The van der Waals surface area contributed by atoms with Crippen LogP contribution in [-0.4, -0.2) is 0 Å². The second kappa shape index (κ2) is 3.64. The average molecular weight is 164 g/mol. The summed E-state index contributed by atoms with van der Waals surface area (Å²) in [5.74, 6) is 3.07. The van der Waals surface area contributed by atoms with Crippen molar-refractivity contribution >= 4 is 0 Å². The van der Waals surface area contributed by atoms with E-state index in [0.717, 1.165) is 17.8 Å². The van der Waals surface area contributed by atoms with E-state index >= 15 is 0 Å². The van der Waals surface area contributed by atoms with Crippen molar-refractivity contribution in [2.24, 2.45) is 17.8 Å². The Kier molecular flexibility index (Phi) is 2.53. The topological polar surface area (TPSA) is 0 Å². The molecule has 2 aliphatic carbocycles. The first-order valence-electron chi connectivity index (χ1n) is 5.58. The molecular formula is C12H20. The second-order valence-electron chi connectivity index (χ2n) is 4.47. The van der Waals surface area contributed by atoms with Gasteiger partial charge < -0.3 is 0 Å². The average Bonchev–Trinajstić information content (AvgIpc) is 2.50. The van der Waals surface area contributed by atoms with Crippen LogP contribution in [0.2, 0.25) is 0 Å². The van der Waals surface area contributed by atoms with E-state index in [4.69, 9.17) is 0 Å². The summed E-state index contributed by atoms with van der Waals surface area (Å²) in [6.07, 6.45) is 13.6. The van der Waals surface area contributed by atoms with Crippen molar-refractivity contribution in [1.29, 1.82) is 0 Å². The van der Waals surface area contributed by atoms with Gasteiger partial charge in [0.2, 0.25) is 0 Å². The maximum Gasteiger partial charge on any atom is -0.0177 e. The molecule has 3 atom stereocenters. The number of rotatable bonds is 2. The smallest absolute Gasteiger partial charge is 0.0177 e. The van der Waals surface area contributed by atoms with Crippen LogP contribution in [0, 0.1) is 17.8 Å². The highest BCUT2D eigenvalue weighted by Crippen LogP contribution is 2.44. The van der Waals surface area contributed by atoms with Gasteiger partial charge in [0.05, 0.1) is 0 Å². The van der Waals surface area contributed by atoms with Crippen LogP contribution < -0.4 is 0 Å². The zero-order valence-corrected chi connectivity index (χ0v) is 8.13. The minimum atomic E-state index is 0.971. The lowest BCUT2D eigenvalue weighted by atomic mass is 9.81. The molecule has 0 saturated heterocycles. The lowest BCUT2D eigenvalue weighted by Gasteiger charge is -2.24. The highest BCUT2D eigenvalue weighted by atomic mass is 14.4. The van der Waals surface area contributed by atoms with Gasteiger partial charge >= 0.3 is 0 Å². The third-order valence-corrected chi connectivity index (χ3v) is 3.72. The molecule has 0 aromatic rings. The van der Waals surface area contributed by atoms with E-state index in [0.29, 0.717) is 0 Å². The number of hydrogen-bond acceptors (Lipinski definition) is 0. The SMILES string of the molecule is CCC[C@H]1CC[C@@H]2CCC=C[C@H]12. The third-order valence-electron chi connectivity index (χ3n) is 3.72. The Labute approximate surface area is 76.1 Å². The minimum absolute atomic E-state index is 0.971. The predicted octanol–water partition coefficient (Wildman–Crippen LogP) is 3.78. The van der Waals surface area contributed by atoms with Crippen molar-refractivity contribution in [1.82, 2.24) is 0 Å². The van der Waals surface area contributed by atoms with E-state index in [-0.39, 0.29) is 0 Å². The number of allylic oxidation sites excluding steroid dienone is 2. The van der Waals surface area contributed by atoms with Crippen molar-refractivity contribution in [3.8, 4) is 0 Å². The number of fused-ring (bicyclic) bond motifs is 1. The molecule has 0 amide bonds. The fourth-order valence-electron chi connectivity index (χ4n) is 3.12. The molecule has 0 heterocycles. The summed E-state index contributed by atoms with van der Waals surface area (Å²) < 4.78 is 0. The van der Waals surface area contributed by atoms with Gasteiger partial charge in [-0.2, -0.15) is 0 Å². The molecule has 0 aromatic carbocycles. The van der Waals surface area contributed by atoms with Crippen molar-refractivity contribution in [3.63, 3.8) is 0 Å². The largest absolute Gasteiger partial charge is 0.0882 e. The molecule has 2 aliphatic rings. The lowest BCUT2D eigenvalue weighted by molar-refractivity contribution is 0.334. The predicted molar refractivity (Wildman–Crippen MR) is 53.0 cm³/mol. The molecule has 0 spiro atoms. The second-order valence-corrected chi connectivity index (χ2v) is 4.47. The fraction of sp³-hybridized carbons (Fsp3) is 0.833. The Morgan fingerprint density at radius 1 is 1.25 bits per heavy atom.